The Morgan fingerprint density at radius 1 is 1.52 bits per heavy atom. The van der Waals surface area contributed by atoms with Crippen LogP contribution in [-0.4, -0.2) is 30.2 Å². The van der Waals surface area contributed by atoms with Gasteiger partial charge in [0.25, 0.3) is 5.91 Å². The zero-order valence-electron chi connectivity index (χ0n) is 11.5. The molecule has 2 heterocycles. The number of aromatic nitrogens is 1. The van der Waals surface area contributed by atoms with Crippen LogP contribution in [0.15, 0.2) is 35.8 Å². The summed E-state index contributed by atoms with van der Waals surface area (Å²) in [6, 6.07) is 7.14. The van der Waals surface area contributed by atoms with Gasteiger partial charge in [0.1, 0.15) is 12.4 Å². The molecule has 1 saturated heterocycles. The second-order valence-electron chi connectivity index (χ2n) is 4.77. The Labute approximate surface area is 126 Å². The van der Waals surface area contributed by atoms with Gasteiger partial charge in [-0.2, -0.15) is 0 Å². The second-order valence-corrected chi connectivity index (χ2v) is 5.66. The van der Waals surface area contributed by atoms with Crippen LogP contribution < -0.4 is 10.1 Å². The summed E-state index contributed by atoms with van der Waals surface area (Å²) in [4.78, 5) is 16.1. The van der Waals surface area contributed by atoms with Gasteiger partial charge < -0.3 is 9.47 Å². The van der Waals surface area contributed by atoms with E-state index in [-0.39, 0.29) is 12.0 Å². The molecule has 0 bridgehead atoms. The minimum absolute atomic E-state index is 0.165. The van der Waals surface area contributed by atoms with Crippen LogP contribution in [0.1, 0.15) is 23.2 Å². The lowest BCUT2D eigenvalue weighted by atomic mass is 10.2. The Balaban J connectivity index is 1.60. The SMILES string of the molecule is O=C(Nc1nccs1)c1cccc(OC[C@@H]2CCCO2)c1. The van der Waals surface area contributed by atoms with Crippen molar-refractivity contribution in [3.05, 3.63) is 41.4 Å². The summed E-state index contributed by atoms with van der Waals surface area (Å²) >= 11 is 1.39. The molecule has 1 N–H and O–H groups in total. The van der Waals surface area contributed by atoms with Crippen molar-refractivity contribution in [2.45, 2.75) is 18.9 Å². The van der Waals surface area contributed by atoms with E-state index in [4.69, 9.17) is 9.47 Å². The fraction of sp³-hybridized carbons (Fsp3) is 0.333. The molecule has 2 aromatic rings. The number of carbonyl (C=O) groups is 1. The van der Waals surface area contributed by atoms with Gasteiger partial charge >= 0.3 is 0 Å². The fourth-order valence-corrected chi connectivity index (χ4v) is 2.67. The molecule has 1 aromatic heterocycles. The molecule has 1 atom stereocenters. The van der Waals surface area contributed by atoms with Gasteiger partial charge in [0.2, 0.25) is 0 Å². The topological polar surface area (TPSA) is 60.5 Å². The summed E-state index contributed by atoms with van der Waals surface area (Å²) < 4.78 is 11.2. The van der Waals surface area contributed by atoms with Crippen molar-refractivity contribution in [2.24, 2.45) is 0 Å². The third-order valence-corrected chi connectivity index (χ3v) is 3.90. The number of thiazole rings is 1. The molecule has 1 amide bonds. The molecule has 1 aromatic carbocycles. The number of rotatable bonds is 5. The molecule has 0 aliphatic carbocycles. The van der Waals surface area contributed by atoms with Crippen LogP contribution in [0.5, 0.6) is 5.75 Å². The van der Waals surface area contributed by atoms with E-state index < -0.39 is 0 Å². The summed E-state index contributed by atoms with van der Waals surface area (Å²) in [6.07, 6.45) is 3.94. The predicted octanol–water partition coefficient (Wildman–Crippen LogP) is 2.95. The highest BCUT2D eigenvalue weighted by molar-refractivity contribution is 7.13. The Bertz CT molecular complexity index is 595. The van der Waals surface area contributed by atoms with Crippen LogP contribution in [0, 0.1) is 0 Å². The molecule has 1 aliphatic heterocycles. The van der Waals surface area contributed by atoms with Crippen molar-refractivity contribution in [3.63, 3.8) is 0 Å². The van der Waals surface area contributed by atoms with Crippen LogP contribution in [0.3, 0.4) is 0 Å². The molecule has 21 heavy (non-hydrogen) atoms. The lowest BCUT2D eigenvalue weighted by Crippen LogP contribution is -2.16. The Morgan fingerprint density at radius 3 is 3.24 bits per heavy atom. The van der Waals surface area contributed by atoms with Gasteiger partial charge in [-0.15, -0.1) is 11.3 Å². The van der Waals surface area contributed by atoms with Crippen molar-refractivity contribution >= 4 is 22.4 Å². The van der Waals surface area contributed by atoms with E-state index in [2.05, 4.69) is 10.3 Å². The first-order chi connectivity index (χ1) is 10.3. The molecule has 110 valence electrons. The van der Waals surface area contributed by atoms with E-state index in [1.807, 2.05) is 17.5 Å². The van der Waals surface area contributed by atoms with Gasteiger partial charge in [0.15, 0.2) is 5.13 Å². The standard InChI is InChI=1S/C15H16N2O3S/c18-14(17-15-16-6-8-21-15)11-3-1-4-12(9-11)20-10-13-5-2-7-19-13/h1,3-4,6,8-9,13H,2,5,7,10H2,(H,16,17,18)/t13-/m0/s1. The van der Waals surface area contributed by atoms with Gasteiger partial charge in [-0.05, 0) is 31.0 Å². The van der Waals surface area contributed by atoms with Gasteiger partial charge in [0, 0.05) is 23.7 Å². The summed E-state index contributed by atoms with van der Waals surface area (Å²) in [5, 5.41) is 5.16. The zero-order chi connectivity index (χ0) is 14.5. The summed E-state index contributed by atoms with van der Waals surface area (Å²) in [5.41, 5.74) is 0.551. The smallest absolute Gasteiger partial charge is 0.257 e. The molecule has 1 fully saturated rings. The average Bonchev–Trinajstić information content (AvgIpc) is 3.19. The molecule has 1 aliphatic rings. The first kappa shape index (κ1) is 14.0. The second kappa shape index (κ2) is 6.69. The Kier molecular flexibility index (Phi) is 4.47. The first-order valence-electron chi connectivity index (χ1n) is 6.86. The normalized spacial score (nSPS) is 17.6. The molecule has 0 radical (unpaired) electrons. The van der Waals surface area contributed by atoms with E-state index in [1.54, 1.807) is 18.3 Å². The number of nitrogens with zero attached hydrogens (tertiary/aromatic N) is 1. The highest BCUT2D eigenvalue weighted by Crippen LogP contribution is 2.18. The number of benzene rings is 1. The van der Waals surface area contributed by atoms with Crippen molar-refractivity contribution in [1.29, 1.82) is 0 Å². The highest BCUT2D eigenvalue weighted by Gasteiger charge is 2.16. The molecule has 5 nitrogen and oxygen atoms in total. The van der Waals surface area contributed by atoms with E-state index in [9.17, 15) is 4.79 Å². The number of carbonyl (C=O) groups excluding carboxylic acids is 1. The lowest BCUT2D eigenvalue weighted by Gasteiger charge is -2.12. The van der Waals surface area contributed by atoms with Crippen molar-refractivity contribution in [1.82, 2.24) is 4.98 Å². The zero-order valence-corrected chi connectivity index (χ0v) is 12.3. The van der Waals surface area contributed by atoms with Crippen LogP contribution in [-0.2, 0) is 4.74 Å². The summed E-state index contributed by atoms with van der Waals surface area (Å²) in [6.45, 7) is 1.34. The number of hydrogen-bond donors (Lipinski definition) is 1. The van der Waals surface area contributed by atoms with Crippen LogP contribution in [0.25, 0.3) is 0 Å². The Morgan fingerprint density at radius 2 is 2.48 bits per heavy atom. The number of ether oxygens (including phenoxy) is 2. The van der Waals surface area contributed by atoms with E-state index >= 15 is 0 Å². The molecule has 0 unspecified atom stereocenters. The predicted molar refractivity (Wildman–Crippen MR) is 81.0 cm³/mol. The number of hydrogen-bond acceptors (Lipinski definition) is 5. The van der Waals surface area contributed by atoms with Crippen LogP contribution in [0.2, 0.25) is 0 Å². The average molecular weight is 304 g/mol. The van der Waals surface area contributed by atoms with Gasteiger partial charge in [0.05, 0.1) is 6.10 Å². The molecule has 3 rings (SSSR count). The maximum atomic E-state index is 12.1. The molecular formula is C15H16N2O3S. The van der Waals surface area contributed by atoms with Gasteiger partial charge in [-0.25, -0.2) is 4.98 Å². The van der Waals surface area contributed by atoms with E-state index in [1.165, 1.54) is 11.3 Å². The molecular weight excluding hydrogens is 288 g/mol. The Hall–Kier alpha value is -1.92. The molecule has 6 heteroatoms. The molecule has 0 saturated carbocycles. The quantitative estimate of drug-likeness (QED) is 0.922. The third kappa shape index (κ3) is 3.80. The van der Waals surface area contributed by atoms with Crippen molar-refractivity contribution in [3.8, 4) is 5.75 Å². The number of anilines is 1. The van der Waals surface area contributed by atoms with E-state index in [0.29, 0.717) is 23.1 Å². The van der Waals surface area contributed by atoms with Crippen LogP contribution in [0.4, 0.5) is 5.13 Å². The fourth-order valence-electron chi connectivity index (χ4n) is 2.15. The third-order valence-electron chi connectivity index (χ3n) is 3.21. The highest BCUT2D eigenvalue weighted by atomic mass is 32.1. The summed E-state index contributed by atoms with van der Waals surface area (Å²) in [7, 11) is 0. The number of nitrogens with one attached hydrogen (secondary N) is 1. The van der Waals surface area contributed by atoms with Gasteiger partial charge in [-0.1, -0.05) is 6.07 Å². The number of amides is 1. The maximum absolute atomic E-state index is 12.1. The first-order valence-corrected chi connectivity index (χ1v) is 7.74. The van der Waals surface area contributed by atoms with Crippen LogP contribution >= 0.6 is 11.3 Å². The monoisotopic (exact) mass is 304 g/mol. The largest absolute Gasteiger partial charge is 0.491 e. The minimum atomic E-state index is -0.187. The van der Waals surface area contributed by atoms with E-state index in [0.717, 1.165) is 19.4 Å². The van der Waals surface area contributed by atoms with Crippen molar-refractivity contribution < 1.29 is 14.3 Å². The van der Waals surface area contributed by atoms with Gasteiger partial charge in [-0.3, -0.25) is 10.1 Å². The summed E-state index contributed by atoms with van der Waals surface area (Å²) in [5.74, 6) is 0.491. The molecule has 0 spiro atoms. The van der Waals surface area contributed by atoms with Crippen molar-refractivity contribution in [2.75, 3.05) is 18.5 Å². The minimum Gasteiger partial charge on any atom is -0.491 e. The maximum Gasteiger partial charge on any atom is 0.257 e. The lowest BCUT2D eigenvalue weighted by molar-refractivity contribution is 0.0679.